The van der Waals surface area contributed by atoms with Crippen molar-refractivity contribution >= 4 is 12.1 Å². The van der Waals surface area contributed by atoms with E-state index in [4.69, 9.17) is 14.2 Å². The summed E-state index contributed by atoms with van der Waals surface area (Å²) in [6, 6.07) is 5.28. The smallest absolute Gasteiger partial charge is 0.407 e. The number of carboxylic acids is 1. The Bertz CT molecular complexity index is 1280. The molecule has 1 aromatic heterocycles. The molecule has 9 nitrogen and oxygen atoms in total. The number of carboxylic acid groups (broad SMARTS) is 1. The van der Waals surface area contributed by atoms with Gasteiger partial charge in [0.05, 0.1) is 19.4 Å². The second-order valence-corrected chi connectivity index (χ2v) is 12.8. The molecule has 1 aromatic carbocycles. The second kappa shape index (κ2) is 13.4. The van der Waals surface area contributed by atoms with Crippen LogP contribution in [0.3, 0.4) is 0 Å². The van der Waals surface area contributed by atoms with Gasteiger partial charge in [0.25, 0.3) is 0 Å². The number of methoxy groups -OCH3 is 1. The van der Waals surface area contributed by atoms with Crippen molar-refractivity contribution in [2.24, 2.45) is 5.41 Å². The lowest BCUT2D eigenvalue weighted by Gasteiger charge is -2.39. The number of benzene rings is 1. The fourth-order valence-corrected chi connectivity index (χ4v) is 5.12. The number of alkyl carbamates (subject to hydrolysis) is 1. The van der Waals surface area contributed by atoms with Crippen LogP contribution in [0.1, 0.15) is 102 Å². The number of pyridine rings is 1. The van der Waals surface area contributed by atoms with Crippen LogP contribution >= 0.6 is 0 Å². The number of ether oxygens (including phenoxy) is 3. The molecule has 0 fully saturated rings. The van der Waals surface area contributed by atoms with E-state index in [0.717, 1.165) is 49.7 Å². The molecule has 41 heavy (non-hydrogen) atoms. The third-order valence-corrected chi connectivity index (χ3v) is 7.22. The molecule has 9 heteroatoms. The number of fused-ring (bicyclic) bond motifs is 3. The summed E-state index contributed by atoms with van der Waals surface area (Å²) >= 11 is 0. The molecule has 3 rings (SSSR count). The van der Waals surface area contributed by atoms with Gasteiger partial charge in [0.1, 0.15) is 11.2 Å². The standard InChI is InChI=1S/C32H46N2O7/c1-31(2,3)28-17-21-16-27(40-15-13-11-9-8-10-12-14-33-30(38)41-32(4,5)6)26(39-7)18-22(21)24-19-25(35)23(29(36)37)20-34(24)28/h16,18-20,28H,8-15,17H2,1-7H3,(H,33,38)(H,36,37)/t28-/m1/s1. The van der Waals surface area contributed by atoms with E-state index in [9.17, 15) is 19.5 Å². The number of unbranched alkanes of at least 4 members (excludes halogenated alkanes) is 5. The molecular formula is C32H46N2O7. The molecule has 0 saturated carbocycles. The van der Waals surface area contributed by atoms with Crippen LogP contribution in [0, 0.1) is 5.41 Å². The lowest BCUT2D eigenvalue weighted by molar-refractivity contribution is 0.0526. The van der Waals surface area contributed by atoms with E-state index in [1.807, 2.05) is 37.5 Å². The zero-order chi connectivity index (χ0) is 30.4. The van der Waals surface area contributed by atoms with E-state index in [1.165, 1.54) is 12.3 Å². The van der Waals surface area contributed by atoms with Crippen LogP contribution in [0.5, 0.6) is 11.5 Å². The third kappa shape index (κ3) is 8.75. The Morgan fingerprint density at radius 3 is 2.24 bits per heavy atom. The van der Waals surface area contributed by atoms with Crippen LogP contribution in [0.15, 0.2) is 29.2 Å². The minimum Gasteiger partial charge on any atom is -0.493 e. The van der Waals surface area contributed by atoms with Crippen molar-refractivity contribution in [3.63, 3.8) is 0 Å². The highest BCUT2D eigenvalue weighted by molar-refractivity contribution is 5.88. The van der Waals surface area contributed by atoms with E-state index in [1.54, 1.807) is 7.11 Å². The summed E-state index contributed by atoms with van der Waals surface area (Å²) in [5.41, 5.74) is 1.19. The van der Waals surface area contributed by atoms with E-state index in [-0.39, 0.29) is 23.1 Å². The first-order valence-corrected chi connectivity index (χ1v) is 14.5. The van der Waals surface area contributed by atoms with Gasteiger partial charge in [0.2, 0.25) is 0 Å². The number of rotatable bonds is 12. The van der Waals surface area contributed by atoms with Gasteiger partial charge in [-0.1, -0.05) is 46.5 Å². The molecule has 0 spiro atoms. The summed E-state index contributed by atoms with van der Waals surface area (Å²) in [5.74, 6) is 0.0297. The number of carbonyl (C=O) groups excluding carboxylic acids is 1. The number of hydrogen-bond donors (Lipinski definition) is 2. The molecule has 0 saturated heterocycles. The normalized spacial score (nSPS) is 14.6. The molecule has 226 valence electrons. The van der Waals surface area contributed by atoms with Crippen LogP contribution in [0.2, 0.25) is 0 Å². The summed E-state index contributed by atoms with van der Waals surface area (Å²) < 4.78 is 19.0. The van der Waals surface area contributed by atoms with E-state index >= 15 is 0 Å². The fourth-order valence-electron chi connectivity index (χ4n) is 5.12. The van der Waals surface area contributed by atoms with Crippen molar-refractivity contribution in [2.45, 2.75) is 98.1 Å². The molecule has 1 atom stereocenters. The van der Waals surface area contributed by atoms with Crippen LogP contribution in [-0.4, -0.2) is 47.6 Å². The number of aromatic carboxylic acids is 1. The Hall–Kier alpha value is -3.49. The zero-order valence-corrected chi connectivity index (χ0v) is 25.6. The maximum absolute atomic E-state index is 12.6. The first kappa shape index (κ1) is 32.0. The number of amides is 1. The number of nitrogens with one attached hydrogen (secondary N) is 1. The highest BCUT2D eigenvalue weighted by Gasteiger charge is 2.34. The Kier molecular flexibility index (Phi) is 10.5. The molecule has 1 amide bonds. The molecular weight excluding hydrogens is 524 g/mol. The van der Waals surface area contributed by atoms with Gasteiger partial charge in [0, 0.05) is 30.4 Å². The summed E-state index contributed by atoms with van der Waals surface area (Å²) in [6.07, 6.45) is 7.89. The van der Waals surface area contributed by atoms with Crippen molar-refractivity contribution in [3.8, 4) is 22.8 Å². The molecule has 1 aliphatic rings. The molecule has 0 unspecified atom stereocenters. The van der Waals surface area contributed by atoms with Crippen molar-refractivity contribution in [1.82, 2.24) is 9.88 Å². The van der Waals surface area contributed by atoms with Crippen LogP contribution < -0.4 is 20.2 Å². The van der Waals surface area contributed by atoms with E-state index in [2.05, 4.69) is 26.1 Å². The minimum atomic E-state index is -1.22. The predicted octanol–water partition coefficient (Wildman–Crippen LogP) is 6.61. The maximum Gasteiger partial charge on any atom is 0.407 e. The van der Waals surface area contributed by atoms with E-state index in [0.29, 0.717) is 36.8 Å². The average Bonchev–Trinajstić information content (AvgIpc) is 2.86. The zero-order valence-electron chi connectivity index (χ0n) is 25.6. The number of aromatic nitrogens is 1. The van der Waals surface area contributed by atoms with Crippen LogP contribution in [0.4, 0.5) is 4.79 Å². The van der Waals surface area contributed by atoms with Crippen molar-refractivity contribution in [3.05, 3.63) is 45.7 Å². The molecule has 2 aromatic rings. The average molecular weight is 571 g/mol. The summed E-state index contributed by atoms with van der Waals surface area (Å²) in [7, 11) is 1.59. The largest absolute Gasteiger partial charge is 0.493 e. The second-order valence-electron chi connectivity index (χ2n) is 12.8. The molecule has 2 heterocycles. The molecule has 0 radical (unpaired) electrons. The third-order valence-electron chi connectivity index (χ3n) is 7.22. The molecule has 2 N–H and O–H groups in total. The first-order valence-electron chi connectivity index (χ1n) is 14.5. The Morgan fingerprint density at radius 2 is 1.63 bits per heavy atom. The van der Waals surface area contributed by atoms with Gasteiger partial charge in [-0.2, -0.15) is 0 Å². The minimum absolute atomic E-state index is 0.0377. The Morgan fingerprint density at radius 1 is 0.976 bits per heavy atom. The van der Waals surface area contributed by atoms with Gasteiger partial charge in [-0.05, 0) is 63.1 Å². The van der Waals surface area contributed by atoms with Gasteiger partial charge in [-0.3, -0.25) is 4.79 Å². The monoisotopic (exact) mass is 570 g/mol. The summed E-state index contributed by atoms with van der Waals surface area (Å²) in [6.45, 7) is 13.1. The van der Waals surface area contributed by atoms with Crippen molar-refractivity contribution in [2.75, 3.05) is 20.3 Å². The van der Waals surface area contributed by atoms with Gasteiger partial charge in [-0.25, -0.2) is 9.59 Å². The molecule has 0 aliphatic carbocycles. The SMILES string of the molecule is COc1cc2c(cc1OCCCCCCCCNC(=O)OC(C)(C)C)C[C@H](C(C)(C)C)n1cc(C(=O)O)c(=O)cc1-2. The summed E-state index contributed by atoms with van der Waals surface area (Å²) in [5, 5.41) is 12.3. The summed E-state index contributed by atoms with van der Waals surface area (Å²) in [4.78, 5) is 36.0. The van der Waals surface area contributed by atoms with E-state index < -0.39 is 17.0 Å². The molecule has 1 aliphatic heterocycles. The van der Waals surface area contributed by atoms with Gasteiger partial charge in [0.15, 0.2) is 16.9 Å². The highest BCUT2D eigenvalue weighted by atomic mass is 16.6. The lowest BCUT2D eigenvalue weighted by atomic mass is 9.78. The van der Waals surface area contributed by atoms with Gasteiger partial charge < -0.3 is 29.2 Å². The number of hydrogen-bond acceptors (Lipinski definition) is 6. The van der Waals surface area contributed by atoms with Crippen molar-refractivity contribution in [1.29, 1.82) is 0 Å². The predicted molar refractivity (Wildman–Crippen MR) is 159 cm³/mol. The Labute approximate surface area is 243 Å². The quantitative estimate of drug-likeness (QED) is 0.276. The van der Waals surface area contributed by atoms with Gasteiger partial charge >= 0.3 is 12.1 Å². The lowest BCUT2D eigenvalue weighted by Crippen LogP contribution is -2.32. The highest BCUT2D eigenvalue weighted by Crippen LogP contribution is 2.45. The number of nitrogens with zero attached hydrogens (tertiary/aromatic N) is 1. The van der Waals surface area contributed by atoms with Crippen molar-refractivity contribution < 1.29 is 28.9 Å². The van der Waals surface area contributed by atoms with Crippen LogP contribution in [-0.2, 0) is 11.2 Å². The van der Waals surface area contributed by atoms with Gasteiger partial charge in [-0.15, -0.1) is 0 Å². The van der Waals surface area contributed by atoms with Crippen LogP contribution in [0.25, 0.3) is 11.3 Å². The number of carbonyl (C=O) groups is 2. The first-order chi connectivity index (χ1) is 19.2. The maximum atomic E-state index is 12.6. The molecule has 0 bridgehead atoms. The topological polar surface area (TPSA) is 116 Å². The Balaban J connectivity index is 1.57. The fraction of sp³-hybridized carbons (Fsp3) is 0.594.